The Hall–Kier alpha value is -6.84. The van der Waals surface area contributed by atoms with Gasteiger partial charge < -0.3 is 9.88 Å². The van der Waals surface area contributed by atoms with Gasteiger partial charge in [-0.15, -0.1) is 0 Å². The molecule has 0 saturated carbocycles. The maximum absolute atomic E-state index is 3.94. The van der Waals surface area contributed by atoms with E-state index in [4.69, 9.17) is 0 Å². The number of nitrogens with one attached hydrogen (secondary N) is 1. The zero-order valence-corrected chi connectivity index (χ0v) is 33.7. The Kier molecular flexibility index (Phi) is 6.42. The molecule has 0 radical (unpaired) electrons. The highest BCUT2D eigenvalue weighted by molar-refractivity contribution is 6.74. The molecule has 10 aromatic rings. The van der Waals surface area contributed by atoms with Crippen molar-refractivity contribution in [2.24, 2.45) is 0 Å². The molecule has 13 rings (SSSR count). The molecule has 0 spiro atoms. The number of para-hydroxylation sites is 1. The van der Waals surface area contributed by atoms with Crippen LogP contribution in [0.15, 0.2) is 164 Å². The normalized spacial score (nSPS) is 15.2. The second-order valence-electron chi connectivity index (χ2n) is 18.1. The number of hydrogen-bond acceptors (Lipinski definition) is 1. The smallest absolute Gasteiger partial charge is 0.198 e. The van der Waals surface area contributed by atoms with E-state index < -0.39 is 0 Å². The first kappa shape index (κ1) is 33.2. The van der Waals surface area contributed by atoms with Crippen LogP contribution in [0.4, 0.5) is 17.1 Å². The van der Waals surface area contributed by atoms with E-state index in [1.165, 1.54) is 127 Å². The van der Waals surface area contributed by atoms with Gasteiger partial charge in [-0.1, -0.05) is 167 Å². The lowest BCUT2D eigenvalue weighted by Crippen LogP contribution is -2.41. The fourth-order valence-electron chi connectivity index (χ4n) is 11.5. The molecule has 2 nitrogen and oxygen atoms in total. The molecule has 1 aromatic heterocycles. The highest BCUT2D eigenvalue weighted by Crippen LogP contribution is 2.54. The van der Waals surface area contributed by atoms with Gasteiger partial charge in [0.25, 0.3) is 0 Å². The number of hydrogen-bond donors (Lipinski definition) is 1. The Labute approximate surface area is 345 Å². The molecular weight excluding hydrogens is 711 g/mol. The topological polar surface area (TPSA) is 19.0 Å². The molecule has 9 aromatic carbocycles. The van der Waals surface area contributed by atoms with E-state index in [0.717, 1.165) is 7.28 Å². The minimum atomic E-state index is -0.0974. The lowest BCUT2D eigenvalue weighted by Gasteiger charge is -2.37. The average molecular weight is 753 g/mol. The first-order valence-corrected chi connectivity index (χ1v) is 21.1. The van der Waals surface area contributed by atoms with Crippen molar-refractivity contribution in [1.82, 2.24) is 4.98 Å². The minimum Gasteiger partial charge on any atom is -0.354 e. The van der Waals surface area contributed by atoms with Crippen molar-refractivity contribution < 1.29 is 0 Å². The van der Waals surface area contributed by atoms with Gasteiger partial charge in [-0.05, 0) is 102 Å². The molecule has 0 amide bonds. The highest BCUT2D eigenvalue weighted by atomic mass is 15.2. The zero-order chi connectivity index (χ0) is 39.4. The van der Waals surface area contributed by atoms with Crippen LogP contribution in [0.1, 0.15) is 49.9 Å². The summed E-state index contributed by atoms with van der Waals surface area (Å²) in [5.74, 6) is 0. The van der Waals surface area contributed by atoms with Crippen LogP contribution < -0.4 is 15.8 Å². The first-order valence-electron chi connectivity index (χ1n) is 21.1. The molecule has 2 aliphatic carbocycles. The number of H-pyrrole nitrogens is 1. The van der Waals surface area contributed by atoms with Gasteiger partial charge in [-0.2, -0.15) is 0 Å². The molecule has 0 atom stereocenters. The first-order chi connectivity index (χ1) is 28.8. The van der Waals surface area contributed by atoms with Crippen molar-refractivity contribution in [2.75, 3.05) is 4.90 Å². The number of nitrogens with zero attached hydrogens (tertiary/aromatic N) is 1. The zero-order valence-electron chi connectivity index (χ0n) is 33.7. The number of anilines is 3. The van der Waals surface area contributed by atoms with Crippen LogP contribution in [-0.4, -0.2) is 12.3 Å². The molecule has 2 heterocycles. The van der Waals surface area contributed by atoms with Gasteiger partial charge >= 0.3 is 0 Å². The predicted molar refractivity (Wildman–Crippen MR) is 252 cm³/mol. The molecule has 0 unspecified atom stereocenters. The summed E-state index contributed by atoms with van der Waals surface area (Å²) in [6.07, 6.45) is 0. The van der Waals surface area contributed by atoms with Crippen molar-refractivity contribution in [3.05, 3.63) is 186 Å². The van der Waals surface area contributed by atoms with E-state index in [0.29, 0.717) is 0 Å². The number of aromatic nitrogens is 1. The summed E-state index contributed by atoms with van der Waals surface area (Å²) >= 11 is 0. The largest absolute Gasteiger partial charge is 0.354 e. The molecule has 1 aliphatic heterocycles. The van der Waals surface area contributed by atoms with Crippen LogP contribution in [0.2, 0.25) is 0 Å². The fourth-order valence-corrected chi connectivity index (χ4v) is 11.5. The molecule has 3 aliphatic rings. The van der Waals surface area contributed by atoms with Crippen molar-refractivity contribution in [3.8, 4) is 33.4 Å². The van der Waals surface area contributed by atoms with Gasteiger partial charge in [-0.25, -0.2) is 0 Å². The average Bonchev–Trinajstić information content (AvgIpc) is 3.84. The van der Waals surface area contributed by atoms with Crippen LogP contribution in [0, 0.1) is 0 Å². The summed E-state index contributed by atoms with van der Waals surface area (Å²) in [5, 5.41) is 7.62. The van der Waals surface area contributed by atoms with Gasteiger partial charge in [0.05, 0.1) is 5.52 Å². The van der Waals surface area contributed by atoms with Crippen LogP contribution in [0.3, 0.4) is 0 Å². The Morgan fingerprint density at radius 3 is 1.88 bits per heavy atom. The third-order valence-corrected chi connectivity index (χ3v) is 14.4. The molecule has 59 heavy (non-hydrogen) atoms. The summed E-state index contributed by atoms with van der Waals surface area (Å²) in [7, 11) is 0.835. The second kappa shape index (κ2) is 11.4. The SMILES string of the molecule is CC1(C)c2ccccc2-c2cc(N3c4cc5c(cc4Bc4c(-c6cccc7c6[nH]c6ccc8ccccc8c67)cc6ccccc6c43)C(C)(C)c3ccccc3-5)ccc21. The van der Waals surface area contributed by atoms with E-state index in [9.17, 15) is 0 Å². The lowest BCUT2D eigenvalue weighted by atomic mass is 9.57. The molecule has 3 heteroatoms. The van der Waals surface area contributed by atoms with Crippen molar-refractivity contribution in [2.45, 2.75) is 38.5 Å². The van der Waals surface area contributed by atoms with Gasteiger partial charge in [0.15, 0.2) is 7.28 Å². The highest BCUT2D eigenvalue weighted by Gasteiger charge is 2.40. The molecule has 278 valence electrons. The van der Waals surface area contributed by atoms with Gasteiger partial charge in [0.2, 0.25) is 0 Å². The quantitative estimate of drug-likeness (QED) is 0.174. The summed E-state index contributed by atoms with van der Waals surface area (Å²) in [5.41, 5.74) is 22.2. The maximum atomic E-state index is 3.94. The van der Waals surface area contributed by atoms with E-state index in [1.54, 1.807) is 0 Å². The number of aromatic amines is 1. The van der Waals surface area contributed by atoms with Crippen LogP contribution in [0.5, 0.6) is 0 Å². The number of rotatable bonds is 2. The van der Waals surface area contributed by atoms with Gasteiger partial charge in [0.1, 0.15) is 0 Å². The summed E-state index contributed by atoms with van der Waals surface area (Å²) in [6.45, 7) is 9.55. The van der Waals surface area contributed by atoms with Gasteiger partial charge in [0, 0.05) is 55.1 Å². The van der Waals surface area contributed by atoms with E-state index >= 15 is 0 Å². The molecule has 1 N–H and O–H groups in total. The van der Waals surface area contributed by atoms with E-state index in [-0.39, 0.29) is 10.8 Å². The van der Waals surface area contributed by atoms with E-state index in [1.807, 2.05) is 0 Å². The standard InChI is InChI=1S/C56H41BN2/c1-55(2)44-22-11-9-18-37(44)41-29-34(25-26-46(41)55)59-50-30-42-38-19-10-12-23-45(38)56(3,4)47(42)31-48(50)57-52-43(28-33-15-6-8-17-36(33)54(52)59)39-20-13-21-40-51-35-16-7-5-14-32(35)24-27-49(51)58-53(39)40/h5-31,57-58H,1-4H3. The van der Waals surface area contributed by atoms with E-state index in [2.05, 4.69) is 201 Å². The lowest BCUT2D eigenvalue weighted by molar-refractivity contribution is 0.660. The second-order valence-corrected chi connectivity index (χ2v) is 18.1. The summed E-state index contributed by atoms with van der Waals surface area (Å²) in [4.78, 5) is 6.57. The fraction of sp³-hybridized carbons (Fsp3) is 0.107. The third-order valence-electron chi connectivity index (χ3n) is 14.4. The van der Waals surface area contributed by atoms with Crippen LogP contribution >= 0.6 is 0 Å². The molecular formula is C56H41BN2. The Balaban J connectivity index is 1.13. The van der Waals surface area contributed by atoms with Crippen molar-refractivity contribution in [3.63, 3.8) is 0 Å². The van der Waals surface area contributed by atoms with Crippen molar-refractivity contribution in [1.29, 1.82) is 0 Å². The van der Waals surface area contributed by atoms with Crippen molar-refractivity contribution >= 4 is 78.6 Å². The summed E-state index contributed by atoms with van der Waals surface area (Å²) in [6, 6.07) is 62.1. The van der Waals surface area contributed by atoms with Crippen LogP contribution in [0.25, 0.3) is 76.7 Å². The van der Waals surface area contributed by atoms with Crippen LogP contribution in [-0.2, 0) is 10.8 Å². The monoisotopic (exact) mass is 752 g/mol. The number of benzene rings is 9. The minimum absolute atomic E-state index is 0.0677. The third kappa shape index (κ3) is 4.32. The molecule has 0 saturated heterocycles. The Morgan fingerprint density at radius 1 is 0.458 bits per heavy atom. The Bertz CT molecular complexity index is 3490. The summed E-state index contributed by atoms with van der Waals surface area (Å²) < 4.78 is 0. The molecule has 0 fully saturated rings. The predicted octanol–water partition coefficient (Wildman–Crippen LogP) is 13.1. The Morgan fingerprint density at radius 2 is 1.08 bits per heavy atom. The van der Waals surface area contributed by atoms with Gasteiger partial charge in [-0.3, -0.25) is 0 Å². The number of fused-ring (bicyclic) bond motifs is 15. The molecule has 0 bridgehead atoms. The maximum Gasteiger partial charge on any atom is 0.198 e.